The van der Waals surface area contributed by atoms with E-state index in [4.69, 9.17) is 4.98 Å². The lowest BCUT2D eigenvalue weighted by Crippen LogP contribution is -2.38. The van der Waals surface area contributed by atoms with Crippen LogP contribution in [0.3, 0.4) is 0 Å². The van der Waals surface area contributed by atoms with Crippen molar-refractivity contribution in [3.8, 4) is 0 Å². The first-order chi connectivity index (χ1) is 14.8. The minimum atomic E-state index is -0.269. The van der Waals surface area contributed by atoms with Gasteiger partial charge in [-0.25, -0.2) is 14.4 Å². The number of hydrogen-bond acceptors (Lipinski definition) is 5. The van der Waals surface area contributed by atoms with E-state index in [1.54, 1.807) is 23.1 Å². The van der Waals surface area contributed by atoms with Gasteiger partial charge in [-0.15, -0.1) is 0 Å². The number of aryl methyl sites for hydroxylation is 1. The minimum absolute atomic E-state index is 0.0483. The molecule has 1 fully saturated rings. The Morgan fingerprint density at radius 2 is 2.03 bits per heavy atom. The normalized spacial score (nSPS) is 18.2. The molecular formula is C23H28FN5O2. The predicted molar refractivity (Wildman–Crippen MR) is 115 cm³/mol. The number of carbonyl (C=O) groups is 2. The van der Waals surface area contributed by atoms with E-state index in [2.05, 4.69) is 4.98 Å². The zero-order valence-corrected chi connectivity index (χ0v) is 18.3. The smallest absolute Gasteiger partial charge is 0.237 e. The molecule has 2 aromatic rings. The van der Waals surface area contributed by atoms with Crippen molar-refractivity contribution >= 4 is 17.6 Å². The lowest BCUT2D eigenvalue weighted by molar-refractivity contribution is -0.132. The number of halogens is 1. The standard InChI is InChI=1S/C23H28FN5O2/c1-15-17-13-20(30)29(12-10-16-7-4-5-8-18(16)24)23(17)26-22(25-15)19-9-6-11-28(19)21(31)14-27(2)3/h4-5,7-8,19H,6,9-14H2,1-3H3/t19-/m0/s1. The molecule has 1 saturated heterocycles. The second-order valence-corrected chi connectivity index (χ2v) is 8.52. The Hall–Kier alpha value is -2.87. The van der Waals surface area contributed by atoms with Crippen LogP contribution in [0.4, 0.5) is 10.2 Å². The first-order valence-corrected chi connectivity index (χ1v) is 10.7. The molecule has 2 aliphatic rings. The summed E-state index contributed by atoms with van der Waals surface area (Å²) < 4.78 is 14.0. The van der Waals surface area contributed by atoms with E-state index in [1.807, 2.05) is 30.8 Å². The van der Waals surface area contributed by atoms with Crippen molar-refractivity contribution in [2.45, 2.75) is 38.6 Å². The summed E-state index contributed by atoms with van der Waals surface area (Å²) in [5, 5.41) is 0. The number of carbonyl (C=O) groups excluding carboxylic acids is 2. The van der Waals surface area contributed by atoms with Gasteiger partial charge in [-0.3, -0.25) is 14.5 Å². The molecule has 164 valence electrons. The van der Waals surface area contributed by atoms with Crippen LogP contribution in [0.25, 0.3) is 0 Å². The summed E-state index contributed by atoms with van der Waals surface area (Å²) in [6, 6.07) is 6.44. The van der Waals surface area contributed by atoms with Gasteiger partial charge in [-0.2, -0.15) is 0 Å². The number of fused-ring (bicyclic) bond motifs is 1. The van der Waals surface area contributed by atoms with Crippen LogP contribution in [-0.2, 0) is 22.4 Å². The number of hydrogen-bond donors (Lipinski definition) is 0. The third-order valence-corrected chi connectivity index (χ3v) is 5.98. The molecule has 7 nitrogen and oxygen atoms in total. The van der Waals surface area contributed by atoms with Crippen molar-refractivity contribution < 1.29 is 14.0 Å². The Kier molecular flexibility index (Phi) is 6.00. The summed E-state index contributed by atoms with van der Waals surface area (Å²) in [5.41, 5.74) is 2.17. The maximum Gasteiger partial charge on any atom is 0.237 e. The molecule has 0 saturated carbocycles. The van der Waals surface area contributed by atoms with Crippen molar-refractivity contribution in [2.24, 2.45) is 0 Å². The maximum absolute atomic E-state index is 14.0. The number of likely N-dealkylation sites (tertiary alicyclic amines) is 1. The van der Waals surface area contributed by atoms with Crippen LogP contribution < -0.4 is 4.90 Å². The monoisotopic (exact) mass is 425 g/mol. The molecule has 1 atom stereocenters. The van der Waals surface area contributed by atoms with E-state index in [9.17, 15) is 14.0 Å². The van der Waals surface area contributed by atoms with Gasteiger partial charge in [0.05, 0.1) is 19.0 Å². The summed E-state index contributed by atoms with van der Waals surface area (Å²) >= 11 is 0. The average molecular weight is 426 g/mol. The largest absolute Gasteiger partial charge is 0.331 e. The van der Waals surface area contributed by atoms with Gasteiger partial charge in [0, 0.05) is 24.3 Å². The Labute approximate surface area is 181 Å². The third-order valence-electron chi connectivity index (χ3n) is 5.98. The highest BCUT2D eigenvalue weighted by Crippen LogP contribution is 2.35. The topological polar surface area (TPSA) is 69.6 Å². The molecule has 0 aliphatic carbocycles. The fourth-order valence-electron chi connectivity index (χ4n) is 4.41. The molecule has 31 heavy (non-hydrogen) atoms. The first kappa shape index (κ1) is 21.4. The summed E-state index contributed by atoms with van der Waals surface area (Å²) in [6.07, 6.45) is 2.37. The van der Waals surface area contributed by atoms with Gasteiger partial charge in [0.1, 0.15) is 11.6 Å². The van der Waals surface area contributed by atoms with Gasteiger partial charge in [-0.1, -0.05) is 18.2 Å². The van der Waals surface area contributed by atoms with Crippen LogP contribution in [-0.4, -0.2) is 65.3 Å². The van der Waals surface area contributed by atoms with Gasteiger partial charge in [0.25, 0.3) is 0 Å². The molecule has 0 bridgehead atoms. The van der Waals surface area contributed by atoms with E-state index in [1.165, 1.54) is 6.07 Å². The SMILES string of the molecule is Cc1nc([C@@H]2CCCN2C(=O)CN(C)C)nc2c1CC(=O)N2CCc1ccccc1F. The Balaban J connectivity index is 1.59. The lowest BCUT2D eigenvalue weighted by atomic mass is 10.1. The molecule has 2 aliphatic heterocycles. The Morgan fingerprint density at radius 3 is 2.77 bits per heavy atom. The van der Waals surface area contributed by atoms with Crippen LogP contribution >= 0.6 is 0 Å². The number of amides is 2. The van der Waals surface area contributed by atoms with Gasteiger partial charge in [0.2, 0.25) is 11.8 Å². The fraction of sp³-hybridized carbons (Fsp3) is 0.478. The molecular weight excluding hydrogens is 397 g/mol. The van der Waals surface area contributed by atoms with Crippen LogP contribution in [0.1, 0.15) is 41.5 Å². The third kappa shape index (κ3) is 4.30. The summed E-state index contributed by atoms with van der Waals surface area (Å²) in [6.45, 7) is 3.27. The molecule has 0 N–H and O–H groups in total. The second kappa shape index (κ2) is 8.70. The molecule has 1 aromatic carbocycles. The van der Waals surface area contributed by atoms with E-state index < -0.39 is 0 Å². The number of likely N-dealkylation sites (N-methyl/N-ethyl adjacent to an activating group) is 1. The number of rotatable bonds is 6. The highest BCUT2D eigenvalue weighted by molar-refractivity contribution is 6.00. The quantitative estimate of drug-likeness (QED) is 0.710. The second-order valence-electron chi connectivity index (χ2n) is 8.52. The van der Waals surface area contributed by atoms with E-state index in [0.717, 1.165) is 24.1 Å². The molecule has 4 rings (SSSR count). The van der Waals surface area contributed by atoms with Crippen molar-refractivity contribution in [2.75, 3.05) is 38.6 Å². The van der Waals surface area contributed by atoms with Crippen molar-refractivity contribution in [3.05, 3.63) is 52.7 Å². The lowest BCUT2D eigenvalue weighted by Gasteiger charge is -2.26. The molecule has 2 amide bonds. The zero-order chi connectivity index (χ0) is 22.1. The zero-order valence-electron chi connectivity index (χ0n) is 18.3. The first-order valence-electron chi connectivity index (χ1n) is 10.7. The van der Waals surface area contributed by atoms with E-state index >= 15 is 0 Å². The van der Waals surface area contributed by atoms with Crippen LogP contribution in [0.15, 0.2) is 24.3 Å². The van der Waals surface area contributed by atoms with Crippen molar-refractivity contribution in [1.29, 1.82) is 0 Å². The highest BCUT2D eigenvalue weighted by atomic mass is 19.1. The molecule has 0 spiro atoms. The van der Waals surface area contributed by atoms with E-state index in [-0.39, 0.29) is 30.1 Å². The number of aromatic nitrogens is 2. The summed E-state index contributed by atoms with van der Waals surface area (Å²) in [5.74, 6) is 0.937. The summed E-state index contributed by atoms with van der Waals surface area (Å²) in [4.78, 5) is 40.2. The average Bonchev–Trinajstić information content (AvgIpc) is 3.32. The van der Waals surface area contributed by atoms with Crippen molar-refractivity contribution in [1.82, 2.24) is 19.8 Å². The van der Waals surface area contributed by atoms with Crippen LogP contribution in [0.2, 0.25) is 0 Å². The Morgan fingerprint density at radius 1 is 1.26 bits per heavy atom. The number of nitrogens with zero attached hydrogens (tertiary/aromatic N) is 5. The van der Waals surface area contributed by atoms with E-state index in [0.29, 0.717) is 43.3 Å². The predicted octanol–water partition coefficient (Wildman–Crippen LogP) is 2.28. The van der Waals surface area contributed by atoms with Gasteiger partial charge >= 0.3 is 0 Å². The fourth-order valence-corrected chi connectivity index (χ4v) is 4.41. The number of anilines is 1. The summed E-state index contributed by atoms with van der Waals surface area (Å²) in [7, 11) is 3.75. The van der Waals surface area contributed by atoms with Crippen LogP contribution in [0, 0.1) is 12.7 Å². The molecule has 1 aromatic heterocycles. The van der Waals surface area contributed by atoms with Gasteiger partial charge in [-0.05, 0) is 51.9 Å². The van der Waals surface area contributed by atoms with Crippen LogP contribution in [0.5, 0.6) is 0 Å². The number of benzene rings is 1. The molecule has 0 radical (unpaired) electrons. The van der Waals surface area contributed by atoms with Gasteiger partial charge < -0.3 is 9.80 Å². The maximum atomic E-state index is 14.0. The van der Waals surface area contributed by atoms with Crippen molar-refractivity contribution in [3.63, 3.8) is 0 Å². The minimum Gasteiger partial charge on any atom is -0.331 e. The Bertz CT molecular complexity index is 1010. The molecule has 3 heterocycles. The molecule has 8 heteroatoms. The molecule has 0 unspecified atom stereocenters. The highest BCUT2D eigenvalue weighted by Gasteiger charge is 2.36. The van der Waals surface area contributed by atoms with Gasteiger partial charge in [0.15, 0.2) is 5.82 Å².